The topological polar surface area (TPSA) is 49.8 Å². The lowest BCUT2D eigenvalue weighted by Crippen LogP contribution is -2.43. The van der Waals surface area contributed by atoms with E-state index in [4.69, 9.17) is 4.74 Å². The molecule has 1 aromatic carbocycles. The maximum absolute atomic E-state index is 11.7. The fourth-order valence-electron chi connectivity index (χ4n) is 3.51. The summed E-state index contributed by atoms with van der Waals surface area (Å²) in [7, 11) is 3.62. The third-order valence-corrected chi connectivity index (χ3v) is 4.68. The van der Waals surface area contributed by atoms with Gasteiger partial charge < -0.3 is 14.7 Å². The van der Waals surface area contributed by atoms with Crippen molar-refractivity contribution < 1.29 is 14.6 Å². The number of fused-ring (bicyclic) bond motifs is 1. The average Bonchev–Trinajstić information content (AvgIpc) is 2.78. The van der Waals surface area contributed by atoms with Gasteiger partial charge in [0.2, 0.25) is 0 Å². The third kappa shape index (κ3) is 1.83. The lowest BCUT2D eigenvalue weighted by Gasteiger charge is -2.37. The van der Waals surface area contributed by atoms with Crippen molar-refractivity contribution in [3.05, 3.63) is 35.9 Å². The fraction of sp³-hybridized carbons (Fsp3) is 0.438. The number of likely N-dealkylation sites (tertiary alicyclic amines) is 1. The summed E-state index contributed by atoms with van der Waals surface area (Å²) >= 11 is 0. The first-order valence-electron chi connectivity index (χ1n) is 6.86. The first-order valence-corrected chi connectivity index (χ1v) is 6.86. The van der Waals surface area contributed by atoms with Crippen molar-refractivity contribution in [3.63, 3.8) is 0 Å². The van der Waals surface area contributed by atoms with Crippen LogP contribution < -0.4 is 4.74 Å². The molecule has 0 radical (unpaired) electrons. The molecule has 106 valence electrons. The first-order chi connectivity index (χ1) is 9.56. The van der Waals surface area contributed by atoms with Crippen LogP contribution in [0.15, 0.2) is 30.4 Å². The second-order valence-electron chi connectivity index (χ2n) is 5.68. The predicted molar refractivity (Wildman–Crippen MR) is 76.1 cm³/mol. The largest absolute Gasteiger partial charge is 0.504 e. The van der Waals surface area contributed by atoms with Gasteiger partial charge in [0.25, 0.3) is 0 Å². The number of carbonyl (C=O) groups excluding carboxylic acids is 1. The average molecular weight is 273 g/mol. The van der Waals surface area contributed by atoms with Gasteiger partial charge >= 0.3 is 0 Å². The Bertz CT molecular complexity index is 581. The van der Waals surface area contributed by atoms with Crippen molar-refractivity contribution in [2.24, 2.45) is 0 Å². The molecule has 1 aliphatic heterocycles. The van der Waals surface area contributed by atoms with Crippen LogP contribution in [0.25, 0.3) is 0 Å². The minimum Gasteiger partial charge on any atom is -0.504 e. The molecule has 0 aromatic heterocycles. The Hall–Kier alpha value is -1.81. The van der Waals surface area contributed by atoms with E-state index in [9.17, 15) is 9.90 Å². The number of hydrogen-bond donors (Lipinski definition) is 1. The zero-order valence-corrected chi connectivity index (χ0v) is 11.8. The Labute approximate surface area is 118 Å². The molecule has 1 aliphatic carbocycles. The van der Waals surface area contributed by atoms with Crippen LogP contribution in [0.2, 0.25) is 0 Å². The van der Waals surface area contributed by atoms with Gasteiger partial charge in [0, 0.05) is 17.9 Å². The van der Waals surface area contributed by atoms with E-state index in [0.717, 1.165) is 18.5 Å². The summed E-state index contributed by atoms with van der Waals surface area (Å²) in [5, 5.41) is 9.76. The number of rotatable bonds is 2. The Balaban J connectivity index is 2.10. The summed E-state index contributed by atoms with van der Waals surface area (Å²) in [5.41, 5.74) is 0.953. The molecule has 0 unspecified atom stereocenters. The molecule has 2 aliphatic rings. The minimum absolute atomic E-state index is 0.145. The summed E-state index contributed by atoms with van der Waals surface area (Å²) in [6, 6.07) is 5.68. The maximum Gasteiger partial charge on any atom is 0.160 e. The van der Waals surface area contributed by atoms with Crippen molar-refractivity contribution in [1.82, 2.24) is 4.90 Å². The summed E-state index contributed by atoms with van der Waals surface area (Å²) in [4.78, 5) is 14.0. The molecule has 1 saturated heterocycles. The Morgan fingerprint density at radius 2 is 2.25 bits per heavy atom. The molecular formula is C16H19NO3. The lowest BCUT2D eigenvalue weighted by atomic mass is 9.69. The number of carbonyl (C=O) groups is 1. The van der Waals surface area contributed by atoms with Crippen molar-refractivity contribution in [1.29, 1.82) is 0 Å². The number of phenolic OH excluding ortho intramolecular Hbond substituents is 1. The summed E-state index contributed by atoms with van der Waals surface area (Å²) in [6.45, 7) is 0.964. The summed E-state index contributed by atoms with van der Waals surface area (Å²) in [6.07, 6.45) is 5.27. The normalized spacial score (nSPS) is 29.5. The Morgan fingerprint density at radius 3 is 3.00 bits per heavy atom. The zero-order chi connectivity index (χ0) is 14.3. The number of likely N-dealkylation sites (N-methyl/N-ethyl adjacent to an activating group) is 1. The van der Waals surface area contributed by atoms with Crippen LogP contribution in [-0.4, -0.2) is 42.5 Å². The molecule has 1 fully saturated rings. The maximum atomic E-state index is 11.7. The molecule has 1 N–H and O–H groups in total. The van der Waals surface area contributed by atoms with Gasteiger partial charge in [0.1, 0.15) is 0 Å². The zero-order valence-electron chi connectivity index (χ0n) is 11.8. The highest BCUT2D eigenvalue weighted by atomic mass is 16.5. The van der Waals surface area contributed by atoms with Crippen LogP contribution in [0.4, 0.5) is 0 Å². The molecule has 4 nitrogen and oxygen atoms in total. The minimum atomic E-state index is -0.149. The van der Waals surface area contributed by atoms with Crippen molar-refractivity contribution in [2.45, 2.75) is 24.3 Å². The van der Waals surface area contributed by atoms with Crippen molar-refractivity contribution in [3.8, 4) is 11.5 Å². The molecule has 4 heteroatoms. The van der Waals surface area contributed by atoms with E-state index < -0.39 is 0 Å². The molecule has 0 saturated carbocycles. The van der Waals surface area contributed by atoms with Gasteiger partial charge in [0.05, 0.1) is 7.11 Å². The van der Waals surface area contributed by atoms with E-state index >= 15 is 0 Å². The highest BCUT2D eigenvalue weighted by Crippen LogP contribution is 2.46. The van der Waals surface area contributed by atoms with E-state index in [1.807, 2.05) is 18.2 Å². The Morgan fingerprint density at radius 1 is 1.45 bits per heavy atom. The van der Waals surface area contributed by atoms with Gasteiger partial charge in [0.15, 0.2) is 17.3 Å². The molecule has 20 heavy (non-hydrogen) atoms. The molecular weight excluding hydrogens is 254 g/mol. The highest BCUT2D eigenvalue weighted by Gasteiger charge is 2.48. The molecule has 1 aromatic rings. The SMILES string of the molecule is COc1cc([C@@]23C=CC(=O)C[C@@H]2N(C)CC3)ccc1O. The number of nitrogens with zero attached hydrogens (tertiary/aromatic N) is 1. The molecule has 0 bridgehead atoms. The van der Waals surface area contributed by atoms with Crippen LogP contribution in [0.1, 0.15) is 18.4 Å². The fourth-order valence-corrected chi connectivity index (χ4v) is 3.51. The number of ether oxygens (including phenoxy) is 1. The highest BCUT2D eigenvalue weighted by molar-refractivity contribution is 5.92. The number of phenols is 1. The van der Waals surface area contributed by atoms with Crippen molar-refractivity contribution in [2.75, 3.05) is 20.7 Å². The summed E-state index contributed by atoms with van der Waals surface area (Å²) < 4.78 is 5.21. The van der Waals surface area contributed by atoms with Crippen molar-refractivity contribution >= 4 is 5.78 Å². The molecule has 2 atom stereocenters. The van der Waals surface area contributed by atoms with E-state index in [1.165, 1.54) is 0 Å². The van der Waals surface area contributed by atoms with Crippen LogP contribution in [-0.2, 0) is 10.2 Å². The third-order valence-electron chi connectivity index (χ3n) is 4.68. The standard InChI is InChI=1S/C16H19NO3/c1-17-8-7-16(6-5-12(18)10-15(16)17)11-3-4-13(19)14(9-11)20-2/h3-6,9,15,19H,7-8,10H2,1-2H3/t15-,16-/m0/s1. The second kappa shape index (κ2) is 4.63. The number of aromatic hydroxyl groups is 1. The smallest absolute Gasteiger partial charge is 0.160 e. The quantitative estimate of drug-likeness (QED) is 0.893. The summed E-state index contributed by atoms with van der Waals surface area (Å²) in [5.74, 6) is 0.812. The van der Waals surface area contributed by atoms with Gasteiger partial charge in [-0.15, -0.1) is 0 Å². The van der Waals surface area contributed by atoms with Gasteiger partial charge in [-0.2, -0.15) is 0 Å². The van der Waals surface area contributed by atoms with Crippen LogP contribution in [0.5, 0.6) is 11.5 Å². The van der Waals surface area contributed by atoms with Crippen LogP contribution >= 0.6 is 0 Å². The van der Waals surface area contributed by atoms with Gasteiger partial charge in [-0.25, -0.2) is 0 Å². The Kier molecular flexibility index (Phi) is 3.05. The predicted octanol–water partition coefficient (Wildman–Crippen LogP) is 1.87. The lowest BCUT2D eigenvalue weighted by molar-refractivity contribution is -0.116. The van der Waals surface area contributed by atoms with E-state index in [1.54, 1.807) is 19.3 Å². The molecule has 0 spiro atoms. The van der Waals surface area contributed by atoms with E-state index in [0.29, 0.717) is 12.2 Å². The van der Waals surface area contributed by atoms with E-state index in [2.05, 4.69) is 11.9 Å². The van der Waals surface area contributed by atoms with E-state index in [-0.39, 0.29) is 23.0 Å². The molecule has 1 heterocycles. The molecule has 3 rings (SSSR count). The van der Waals surface area contributed by atoms with Gasteiger partial charge in [-0.1, -0.05) is 12.1 Å². The van der Waals surface area contributed by atoms with Gasteiger partial charge in [-0.05, 0) is 43.8 Å². The number of hydrogen-bond acceptors (Lipinski definition) is 4. The first kappa shape index (κ1) is 13.2. The number of allylic oxidation sites excluding steroid dienone is 1. The monoisotopic (exact) mass is 273 g/mol. The number of methoxy groups -OCH3 is 1. The molecule has 0 amide bonds. The second-order valence-corrected chi connectivity index (χ2v) is 5.68. The number of benzene rings is 1. The van der Waals surface area contributed by atoms with Crippen LogP contribution in [0, 0.1) is 0 Å². The van der Waals surface area contributed by atoms with Crippen LogP contribution in [0.3, 0.4) is 0 Å². The van der Waals surface area contributed by atoms with Gasteiger partial charge in [-0.3, -0.25) is 4.79 Å². The number of ketones is 1.